The Kier molecular flexibility index (Phi) is 6.30. The summed E-state index contributed by atoms with van der Waals surface area (Å²) in [5.41, 5.74) is 1.17. The average Bonchev–Trinajstić information content (AvgIpc) is 3.08. The molecule has 5 nitrogen and oxygen atoms in total. The molecule has 1 aromatic carbocycles. The molecule has 0 aromatic heterocycles. The van der Waals surface area contributed by atoms with Crippen molar-refractivity contribution in [3.05, 3.63) is 47.0 Å². The van der Waals surface area contributed by atoms with E-state index >= 15 is 0 Å². The third-order valence-corrected chi connectivity index (χ3v) is 6.95. The molecule has 3 rings (SSSR count). The summed E-state index contributed by atoms with van der Waals surface area (Å²) in [7, 11) is -2.00. The van der Waals surface area contributed by atoms with Crippen molar-refractivity contribution < 1.29 is 17.8 Å². The molecule has 1 fully saturated rings. The van der Waals surface area contributed by atoms with Crippen LogP contribution in [0.2, 0.25) is 0 Å². The van der Waals surface area contributed by atoms with Crippen LogP contribution in [0.15, 0.2) is 34.8 Å². The van der Waals surface area contributed by atoms with E-state index in [-0.39, 0.29) is 24.6 Å². The van der Waals surface area contributed by atoms with Crippen LogP contribution in [0, 0.1) is 11.6 Å². The zero-order valence-electron chi connectivity index (χ0n) is 16.0. The molecule has 0 aliphatic carbocycles. The van der Waals surface area contributed by atoms with Crippen LogP contribution in [0.3, 0.4) is 0 Å². The Hall–Kier alpha value is -2.06. The number of rotatable bonds is 6. The molecule has 2 aliphatic rings. The van der Waals surface area contributed by atoms with Gasteiger partial charge in [-0.05, 0) is 40.5 Å². The second-order valence-electron chi connectivity index (χ2n) is 7.27. The van der Waals surface area contributed by atoms with Gasteiger partial charge >= 0.3 is 0 Å². The molecular weight excluding hydrogens is 384 g/mol. The molecule has 28 heavy (non-hydrogen) atoms. The van der Waals surface area contributed by atoms with Gasteiger partial charge < -0.3 is 4.90 Å². The molecule has 2 aliphatic heterocycles. The first-order chi connectivity index (χ1) is 13.2. The van der Waals surface area contributed by atoms with Crippen LogP contribution in [0.4, 0.5) is 8.78 Å². The molecule has 1 amide bonds. The van der Waals surface area contributed by atoms with Gasteiger partial charge in [-0.2, -0.15) is 0 Å². The molecule has 8 heteroatoms. The van der Waals surface area contributed by atoms with E-state index in [9.17, 15) is 17.8 Å². The fourth-order valence-electron chi connectivity index (χ4n) is 3.30. The monoisotopic (exact) mass is 409 g/mol. The Labute approximate surface area is 164 Å². The number of halogens is 2. The normalized spacial score (nSPS) is 19.2. The maximum absolute atomic E-state index is 14.1. The van der Waals surface area contributed by atoms with Crippen LogP contribution < -0.4 is 0 Å². The van der Waals surface area contributed by atoms with E-state index in [1.165, 1.54) is 23.1 Å². The molecule has 0 saturated carbocycles. The van der Waals surface area contributed by atoms with Gasteiger partial charge in [-0.3, -0.25) is 18.9 Å². The topological polar surface area (TPSA) is 53.0 Å². The predicted molar refractivity (Wildman–Crippen MR) is 109 cm³/mol. The number of aliphatic imine (C=N–C) groups is 1. The first-order valence-electron chi connectivity index (χ1n) is 9.24. The quantitative estimate of drug-likeness (QED) is 0.673. The third kappa shape index (κ3) is 5.05. The van der Waals surface area contributed by atoms with Crippen molar-refractivity contribution in [2.45, 2.75) is 13.5 Å². The summed E-state index contributed by atoms with van der Waals surface area (Å²) >= 11 is 0. The Bertz CT molecular complexity index is 891. The largest absolute Gasteiger partial charge is 0.333 e. The van der Waals surface area contributed by atoms with E-state index in [0.29, 0.717) is 43.3 Å². The van der Waals surface area contributed by atoms with E-state index in [1.54, 1.807) is 6.08 Å². The van der Waals surface area contributed by atoms with Gasteiger partial charge in [0.15, 0.2) is 0 Å². The summed E-state index contributed by atoms with van der Waals surface area (Å²) in [6, 6.07) is 3.69. The van der Waals surface area contributed by atoms with Crippen LogP contribution in [-0.2, 0) is 20.9 Å². The minimum Gasteiger partial charge on any atom is -0.333 e. The molecule has 152 valence electrons. The molecule has 2 heterocycles. The number of benzene rings is 1. The van der Waals surface area contributed by atoms with Crippen LogP contribution in [0.25, 0.3) is 0 Å². The maximum atomic E-state index is 14.1. The van der Waals surface area contributed by atoms with Crippen molar-refractivity contribution >= 4 is 27.0 Å². The van der Waals surface area contributed by atoms with Gasteiger partial charge in [0.05, 0.1) is 13.1 Å². The van der Waals surface area contributed by atoms with E-state index in [4.69, 9.17) is 0 Å². The lowest BCUT2D eigenvalue weighted by atomic mass is 10.1. The zero-order valence-corrected chi connectivity index (χ0v) is 16.8. The Balaban J connectivity index is 1.73. The Morgan fingerprint density at radius 2 is 1.93 bits per heavy atom. The molecule has 1 saturated heterocycles. The summed E-state index contributed by atoms with van der Waals surface area (Å²) < 4.78 is 40.3. The van der Waals surface area contributed by atoms with E-state index < -0.39 is 21.2 Å². The van der Waals surface area contributed by atoms with Crippen LogP contribution in [0.5, 0.6) is 0 Å². The fraction of sp³-hybridized carbons (Fsp3) is 0.450. The van der Waals surface area contributed by atoms with E-state index in [2.05, 4.69) is 15.8 Å². The second-order valence-corrected chi connectivity index (χ2v) is 10.0. The highest BCUT2D eigenvalue weighted by Gasteiger charge is 2.25. The summed E-state index contributed by atoms with van der Waals surface area (Å²) in [5, 5.41) is 0. The number of amides is 1. The lowest BCUT2D eigenvalue weighted by molar-refractivity contribution is -0.128. The van der Waals surface area contributed by atoms with Crippen molar-refractivity contribution in [1.29, 1.82) is 0 Å². The second kappa shape index (κ2) is 8.53. The maximum Gasteiger partial charge on any atom is 0.252 e. The average molecular weight is 410 g/mol. The summed E-state index contributed by atoms with van der Waals surface area (Å²) in [4.78, 5) is 20.7. The first-order valence-corrected chi connectivity index (χ1v) is 11.3. The lowest BCUT2D eigenvalue weighted by Gasteiger charge is -2.31. The van der Waals surface area contributed by atoms with Crippen LogP contribution in [-0.4, -0.2) is 75.7 Å². The van der Waals surface area contributed by atoms with Crippen molar-refractivity contribution in [1.82, 2.24) is 9.80 Å². The van der Waals surface area contributed by atoms with Gasteiger partial charge in [0.25, 0.3) is 5.91 Å². The minimum absolute atomic E-state index is 0.119. The summed E-state index contributed by atoms with van der Waals surface area (Å²) in [5.74, 6) is 3.22. The van der Waals surface area contributed by atoms with Crippen molar-refractivity contribution in [2.24, 2.45) is 4.99 Å². The lowest BCUT2D eigenvalue weighted by Crippen LogP contribution is -2.45. The van der Waals surface area contributed by atoms with E-state index in [0.717, 1.165) is 5.71 Å². The summed E-state index contributed by atoms with van der Waals surface area (Å²) in [6.07, 6.45) is 1.71. The molecule has 0 N–H and O–H groups in total. The molecule has 0 radical (unpaired) electrons. The van der Waals surface area contributed by atoms with Crippen LogP contribution >= 0.6 is 0 Å². The van der Waals surface area contributed by atoms with Crippen molar-refractivity contribution in [3.63, 3.8) is 0 Å². The van der Waals surface area contributed by atoms with Gasteiger partial charge in [-0.25, -0.2) is 8.78 Å². The number of hydrogen-bond acceptors (Lipinski definition) is 4. The molecular formula is C20H25F2N3O2S. The highest BCUT2D eigenvalue weighted by Crippen LogP contribution is 2.18. The van der Waals surface area contributed by atoms with Gasteiger partial charge in [0.2, 0.25) is 0 Å². The minimum atomic E-state index is -2.00. The van der Waals surface area contributed by atoms with Gasteiger partial charge in [-0.15, -0.1) is 0 Å². The zero-order chi connectivity index (χ0) is 20.3. The number of allylic oxidation sites excluding steroid dienone is 1. The third-order valence-electron chi connectivity index (χ3n) is 5.10. The number of hydrogen-bond donors (Lipinski definition) is 0. The predicted octanol–water partition coefficient (Wildman–Crippen LogP) is 1.73. The Morgan fingerprint density at radius 1 is 1.29 bits per heavy atom. The smallest absolute Gasteiger partial charge is 0.252 e. The molecule has 0 atom stereocenters. The molecule has 0 unspecified atom stereocenters. The highest BCUT2D eigenvalue weighted by molar-refractivity contribution is 8.00. The first kappa shape index (κ1) is 20.7. The number of nitrogens with zero attached hydrogens (tertiary/aromatic N) is 3. The van der Waals surface area contributed by atoms with E-state index in [1.807, 2.05) is 6.92 Å². The van der Waals surface area contributed by atoms with Crippen molar-refractivity contribution in [3.8, 4) is 0 Å². The van der Waals surface area contributed by atoms with Gasteiger partial charge in [0, 0.05) is 54.5 Å². The van der Waals surface area contributed by atoms with Crippen LogP contribution in [0.1, 0.15) is 12.5 Å². The number of carbonyl (C=O) groups excluding carboxylic acids is 1. The number of carbonyl (C=O) groups is 1. The fourth-order valence-corrected chi connectivity index (χ4v) is 4.69. The molecule has 0 bridgehead atoms. The summed E-state index contributed by atoms with van der Waals surface area (Å²) in [6.45, 7) is 4.10. The van der Waals surface area contributed by atoms with Gasteiger partial charge in [-0.1, -0.05) is 6.07 Å². The van der Waals surface area contributed by atoms with Gasteiger partial charge in [0.1, 0.15) is 11.6 Å². The molecule has 0 spiro atoms. The standard InChI is InChI=1S/C20H25F2N3O2S/c1-15-12-16(13-23-15)20(26)25(14-17-18(21)4-3-5-19(17)22)7-6-24-8-10-28(2,27)11-9-24/h3-5,12H,2,6-11,13-14H2,1H3. The highest BCUT2D eigenvalue weighted by atomic mass is 32.2. The SMILES string of the molecule is C=S1(=O)CCN(CCN(Cc2c(F)cccc2F)C(=O)C2=CC(C)=NC2)CC1. The molecule has 1 aromatic rings. The van der Waals surface area contributed by atoms with Crippen molar-refractivity contribution in [2.75, 3.05) is 44.2 Å². The Morgan fingerprint density at radius 3 is 2.50 bits per heavy atom.